The van der Waals surface area contributed by atoms with E-state index in [2.05, 4.69) is 91.9 Å². The fourth-order valence-electron chi connectivity index (χ4n) is 5.60. The third kappa shape index (κ3) is 6.02. The minimum Gasteiger partial charge on any atom is -0.374 e. The van der Waals surface area contributed by atoms with Gasteiger partial charge in [-0.05, 0) is 64.4 Å². The number of thioether (sulfide) groups is 1. The Labute approximate surface area is 234 Å². The zero-order valence-electron chi connectivity index (χ0n) is 22.7. The van der Waals surface area contributed by atoms with Crippen LogP contribution in [-0.4, -0.2) is 48.0 Å². The van der Waals surface area contributed by atoms with Crippen molar-refractivity contribution in [3.63, 3.8) is 0 Å². The molecule has 2 aliphatic rings. The molecule has 0 aromatic heterocycles. The van der Waals surface area contributed by atoms with E-state index in [4.69, 9.17) is 23.7 Å². The van der Waals surface area contributed by atoms with Crippen LogP contribution in [0.5, 0.6) is 0 Å². The van der Waals surface area contributed by atoms with Crippen LogP contribution in [0, 0.1) is 0 Å². The Bertz CT molecular complexity index is 1420. The predicted molar refractivity (Wildman–Crippen MR) is 157 cm³/mol. The van der Waals surface area contributed by atoms with Crippen LogP contribution in [0.3, 0.4) is 0 Å². The number of hydrogen-bond acceptors (Lipinski definition) is 6. The largest absolute Gasteiger partial charge is 0.374 e. The molecule has 0 aliphatic carbocycles. The van der Waals surface area contributed by atoms with Crippen molar-refractivity contribution in [2.75, 3.05) is 12.4 Å². The molecule has 5 nitrogen and oxygen atoms in total. The summed E-state index contributed by atoms with van der Waals surface area (Å²) in [6, 6.07) is 29.7. The topological polar surface area (TPSA) is 46.2 Å². The van der Waals surface area contributed by atoms with Gasteiger partial charge >= 0.3 is 0 Å². The zero-order chi connectivity index (χ0) is 26.8. The highest BCUT2D eigenvalue weighted by Gasteiger charge is 2.55. The number of hydrogen-bond donors (Lipinski definition) is 0. The molecule has 4 aromatic carbocycles. The van der Waals surface area contributed by atoms with Crippen LogP contribution in [0.1, 0.15) is 31.9 Å². The van der Waals surface area contributed by atoms with Gasteiger partial charge in [-0.1, -0.05) is 79.7 Å². The first-order chi connectivity index (χ1) is 19.0. The summed E-state index contributed by atoms with van der Waals surface area (Å²) >= 11 is 1.74. The first-order valence-electron chi connectivity index (χ1n) is 13.8. The molecule has 5 atom stereocenters. The molecule has 0 radical (unpaired) electrons. The molecule has 2 aliphatic heterocycles. The summed E-state index contributed by atoms with van der Waals surface area (Å²) in [6.07, 6.45) is -1.06. The van der Waals surface area contributed by atoms with Gasteiger partial charge in [-0.3, -0.25) is 0 Å². The molecule has 204 valence electrons. The second kappa shape index (κ2) is 11.6. The summed E-state index contributed by atoms with van der Waals surface area (Å²) in [4.78, 5) is 0. The lowest BCUT2D eigenvalue weighted by Crippen LogP contribution is -2.57. The first-order valence-corrected chi connectivity index (χ1v) is 14.8. The third-order valence-corrected chi connectivity index (χ3v) is 8.42. The van der Waals surface area contributed by atoms with Gasteiger partial charge in [0.2, 0.25) is 0 Å². The molecule has 2 saturated heterocycles. The van der Waals surface area contributed by atoms with Crippen LogP contribution in [0.2, 0.25) is 0 Å². The van der Waals surface area contributed by atoms with Gasteiger partial charge in [0.05, 0.1) is 19.8 Å². The van der Waals surface area contributed by atoms with Crippen molar-refractivity contribution in [3.8, 4) is 0 Å². The maximum atomic E-state index is 6.62. The van der Waals surface area contributed by atoms with Gasteiger partial charge in [-0.2, -0.15) is 0 Å². The highest BCUT2D eigenvalue weighted by Crippen LogP contribution is 2.42. The van der Waals surface area contributed by atoms with E-state index in [1.807, 2.05) is 13.8 Å². The minimum absolute atomic E-state index is 0.142. The molecule has 0 N–H and O–H groups in total. The predicted octanol–water partition coefficient (Wildman–Crippen LogP) is 7.09. The van der Waals surface area contributed by atoms with Gasteiger partial charge in [-0.15, -0.1) is 11.8 Å². The van der Waals surface area contributed by atoms with E-state index in [1.165, 1.54) is 21.5 Å². The lowest BCUT2D eigenvalue weighted by molar-refractivity contribution is -0.201. The first kappa shape index (κ1) is 26.8. The SMILES string of the molecule is CCS[C@@H]1O[C@H](COCc2ccc3ccccc3c2)[C@@H](OCc2ccc3ccccc3c2)[C@@H]2OC(C)(C)O[C@@H]21. The van der Waals surface area contributed by atoms with Crippen LogP contribution in [0.25, 0.3) is 21.5 Å². The van der Waals surface area contributed by atoms with Gasteiger partial charge in [0.25, 0.3) is 0 Å². The van der Waals surface area contributed by atoms with Crippen molar-refractivity contribution < 1.29 is 23.7 Å². The van der Waals surface area contributed by atoms with Crippen molar-refractivity contribution in [3.05, 3.63) is 96.1 Å². The molecule has 4 aromatic rings. The lowest BCUT2D eigenvalue weighted by atomic mass is 9.99. The van der Waals surface area contributed by atoms with Gasteiger partial charge < -0.3 is 23.7 Å². The summed E-state index contributed by atoms with van der Waals surface area (Å²) in [5, 5.41) is 4.86. The molecule has 0 spiro atoms. The van der Waals surface area contributed by atoms with Crippen molar-refractivity contribution in [1.82, 2.24) is 0 Å². The number of rotatable bonds is 9. The Kier molecular flexibility index (Phi) is 7.94. The van der Waals surface area contributed by atoms with Gasteiger partial charge in [-0.25, -0.2) is 0 Å². The van der Waals surface area contributed by atoms with Gasteiger partial charge in [0.1, 0.15) is 29.9 Å². The molecule has 0 amide bonds. The van der Waals surface area contributed by atoms with Crippen LogP contribution < -0.4 is 0 Å². The van der Waals surface area contributed by atoms with Crippen molar-refractivity contribution in [2.45, 2.75) is 69.6 Å². The second-order valence-electron chi connectivity index (χ2n) is 10.7. The van der Waals surface area contributed by atoms with E-state index in [-0.39, 0.29) is 29.9 Å². The molecule has 6 heteroatoms. The summed E-state index contributed by atoms with van der Waals surface area (Å²) in [7, 11) is 0. The average Bonchev–Trinajstić information content (AvgIpc) is 3.28. The molecule has 0 unspecified atom stereocenters. The maximum absolute atomic E-state index is 6.62. The van der Waals surface area contributed by atoms with E-state index in [0.29, 0.717) is 19.8 Å². The lowest BCUT2D eigenvalue weighted by Gasteiger charge is -2.41. The van der Waals surface area contributed by atoms with E-state index in [0.717, 1.165) is 16.9 Å². The Morgan fingerprint density at radius 2 is 1.33 bits per heavy atom. The van der Waals surface area contributed by atoms with Crippen molar-refractivity contribution in [2.24, 2.45) is 0 Å². The van der Waals surface area contributed by atoms with Crippen LogP contribution in [0.4, 0.5) is 0 Å². The number of fused-ring (bicyclic) bond motifs is 3. The Balaban J connectivity index is 1.19. The molecule has 0 bridgehead atoms. The Hall–Kier alpha value is -2.45. The minimum atomic E-state index is -0.698. The summed E-state index contributed by atoms with van der Waals surface area (Å²) < 4.78 is 32.3. The average molecular weight is 545 g/mol. The number of ether oxygens (including phenoxy) is 5. The van der Waals surface area contributed by atoms with Gasteiger partial charge in [0.15, 0.2) is 5.79 Å². The molecule has 0 saturated carbocycles. The summed E-state index contributed by atoms with van der Waals surface area (Å²) in [5.74, 6) is 0.224. The van der Waals surface area contributed by atoms with Crippen LogP contribution in [0.15, 0.2) is 84.9 Å². The molecular weight excluding hydrogens is 508 g/mol. The Morgan fingerprint density at radius 3 is 1.97 bits per heavy atom. The zero-order valence-corrected chi connectivity index (χ0v) is 23.6. The molecule has 39 heavy (non-hydrogen) atoms. The molecule has 6 rings (SSSR count). The Morgan fingerprint density at radius 1 is 0.744 bits per heavy atom. The summed E-state index contributed by atoms with van der Waals surface area (Å²) in [6.45, 7) is 7.43. The smallest absolute Gasteiger partial charge is 0.164 e. The quantitative estimate of drug-likeness (QED) is 0.224. The fourth-order valence-corrected chi connectivity index (χ4v) is 6.55. The maximum Gasteiger partial charge on any atom is 0.164 e. The summed E-state index contributed by atoms with van der Waals surface area (Å²) in [5.41, 5.74) is 2.11. The van der Waals surface area contributed by atoms with E-state index in [9.17, 15) is 0 Å². The van der Waals surface area contributed by atoms with E-state index >= 15 is 0 Å². The standard InChI is InChI=1S/C33H36O5S/c1-4-39-32-31-30(37-33(2,3)38-31)29(35-20-23-14-16-25-10-6-8-12-27(25)18-23)28(36-32)21-34-19-22-13-15-24-9-5-7-11-26(24)17-22/h5-18,28-32H,4,19-21H2,1-3H3/t28-,29-,30+,31+,32+/m1/s1. The van der Waals surface area contributed by atoms with E-state index in [1.54, 1.807) is 11.8 Å². The van der Waals surface area contributed by atoms with Crippen LogP contribution in [-0.2, 0) is 36.9 Å². The molecule has 2 fully saturated rings. The highest BCUT2D eigenvalue weighted by atomic mass is 32.2. The second-order valence-corrected chi connectivity index (χ2v) is 12.1. The van der Waals surface area contributed by atoms with E-state index < -0.39 is 5.79 Å². The monoisotopic (exact) mass is 544 g/mol. The highest BCUT2D eigenvalue weighted by molar-refractivity contribution is 7.99. The van der Waals surface area contributed by atoms with Crippen molar-refractivity contribution in [1.29, 1.82) is 0 Å². The normalized spacial score (nSPS) is 26.2. The van der Waals surface area contributed by atoms with Crippen molar-refractivity contribution >= 4 is 33.3 Å². The van der Waals surface area contributed by atoms with Crippen LogP contribution >= 0.6 is 11.8 Å². The fraction of sp³-hybridized carbons (Fsp3) is 0.394. The van der Waals surface area contributed by atoms with Gasteiger partial charge in [0, 0.05) is 0 Å². The molecule has 2 heterocycles. The number of benzene rings is 4. The third-order valence-electron chi connectivity index (χ3n) is 7.38. The molecular formula is C33H36O5S.